The molecule has 0 aliphatic rings. The molecular weight excluding hydrogens is 362 g/mol. The lowest BCUT2D eigenvalue weighted by atomic mass is 10.1. The predicted molar refractivity (Wildman–Crippen MR) is 110 cm³/mol. The van der Waals surface area contributed by atoms with Gasteiger partial charge in [0, 0.05) is 30.8 Å². The number of rotatable bonds is 7. The molecule has 0 saturated heterocycles. The first-order valence-electron chi connectivity index (χ1n) is 8.78. The van der Waals surface area contributed by atoms with Gasteiger partial charge in [-0.15, -0.1) is 0 Å². The third-order valence-electron chi connectivity index (χ3n) is 4.29. The van der Waals surface area contributed by atoms with Crippen LogP contribution in [0.4, 0.5) is 5.69 Å². The van der Waals surface area contributed by atoms with Crippen LogP contribution < -0.4 is 5.32 Å². The summed E-state index contributed by atoms with van der Waals surface area (Å²) in [5, 5.41) is 3.34. The molecule has 0 fully saturated rings. The average molecular weight is 388 g/mol. The molecule has 0 aliphatic carbocycles. The van der Waals surface area contributed by atoms with Crippen LogP contribution in [0.1, 0.15) is 23.1 Å². The monoisotopic (exact) mass is 387 g/mol. The molecular formula is C21H26ClN3O2. The zero-order chi connectivity index (χ0) is 20.0. The topological polar surface area (TPSA) is 52.7 Å². The van der Waals surface area contributed by atoms with Crippen LogP contribution in [-0.2, 0) is 22.7 Å². The van der Waals surface area contributed by atoms with Gasteiger partial charge in [0.2, 0.25) is 11.8 Å². The van der Waals surface area contributed by atoms with E-state index in [4.69, 9.17) is 11.6 Å². The first kappa shape index (κ1) is 20.9. The quantitative estimate of drug-likeness (QED) is 0.737. The Morgan fingerprint density at radius 2 is 1.59 bits per heavy atom. The van der Waals surface area contributed by atoms with Crippen molar-refractivity contribution in [2.75, 3.05) is 26.5 Å². The van der Waals surface area contributed by atoms with Crippen molar-refractivity contribution in [3.63, 3.8) is 0 Å². The second-order valence-electron chi connectivity index (χ2n) is 6.89. The summed E-state index contributed by atoms with van der Waals surface area (Å²) in [4.78, 5) is 28.4. The fourth-order valence-electron chi connectivity index (χ4n) is 2.76. The first-order chi connectivity index (χ1) is 12.8. The highest BCUT2D eigenvalue weighted by molar-refractivity contribution is 6.31. The van der Waals surface area contributed by atoms with Crippen molar-refractivity contribution < 1.29 is 9.59 Å². The molecule has 1 N–H and O–H groups in total. The largest absolute Gasteiger partial charge is 0.341 e. The third kappa shape index (κ3) is 6.08. The zero-order valence-corrected chi connectivity index (χ0v) is 17.0. The molecule has 0 aromatic heterocycles. The summed E-state index contributed by atoms with van der Waals surface area (Å²) in [6.45, 7) is 3.09. The molecule has 0 heterocycles. The van der Waals surface area contributed by atoms with Gasteiger partial charge in [-0.1, -0.05) is 41.9 Å². The molecule has 2 aromatic carbocycles. The number of anilines is 1. The minimum atomic E-state index is -0.348. The fraction of sp³-hybridized carbons (Fsp3) is 0.333. The SMILES string of the molecule is Cc1c(Cl)cccc1NC(=O)CC(=O)N(C)Cc1ccccc1CN(C)C. The van der Waals surface area contributed by atoms with Crippen LogP contribution in [0.15, 0.2) is 42.5 Å². The van der Waals surface area contributed by atoms with E-state index >= 15 is 0 Å². The highest BCUT2D eigenvalue weighted by atomic mass is 35.5. The van der Waals surface area contributed by atoms with Crippen molar-refractivity contribution in [3.05, 3.63) is 64.2 Å². The number of amides is 2. The molecule has 5 nitrogen and oxygen atoms in total. The van der Waals surface area contributed by atoms with Crippen LogP contribution in [0, 0.1) is 6.92 Å². The molecule has 144 valence electrons. The van der Waals surface area contributed by atoms with E-state index in [0.717, 1.165) is 17.7 Å². The average Bonchev–Trinajstić information content (AvgIpc) is 2.60. The van der Waals surface area contributed by atoms with Crippen molar-refractivity contribution in [2.24, 2.45) is 0 Å². The van der Waals surface area contributed by atoms with Crippen LogP contribution in [0.5, 0.6) is 0 Å². The lowest BCUT2D eigenvalue weighted by Gasteiger charge is -2.20. The van der Waals surface area contributed by atoms with Gasteiger partial charge in [0.1, 0.15) is 6.42 Å². The summed E-state index contributed by atoms with van der Waals surface area (Å²) >= 11 is 6.06. The van der Waals surface area contributed by atoms with Crippen LogP contribution in [0.2, 0.25) is 5.02 Å². The van der Waals surface area contributed by atoms with E-state index in [-0.39, 0.29) is 18.2 Å². The number of hydrogen-bond acceptors (Lipinski definition) is 3. The Hall–Kier alpha value is -2.37. The van der Waals surface area contributed by atoms with Crippen LogP contribution in [-0.4, -0.2) is 42.8 Å². The highest BCUT2D eigenvalue weighted by Crippen LogP contribution is 2.23. The highest BCUT2D eigenvalue weighted by Gasteiger charge is 2.16. The minimum Gasteiger partial charge on any atom is -0.341 e. The van der Waals surface area contributed by atoms with Gasteiger partial charge < -0.3 is 15.1 Å². The number of benzene rings is 2. The molecule has 0 radical (unpaired) electrons. The molecule has 2 amide bonds. The van der Waals surface area contributed by atoms with E-state index in [1.165, 1.54) is 5.56 Å². The van der Waals surface area contributed by atoms with Gasteiger partial charge >= 0.3 is 0 Å². The number of halogens is 1. The van der Waals surface area contributed by atoms with E-state index in [1.807, 2.05) is 39.2 Å². The normalized spacial score (nSPS) is 10.7. The molecule has 2 aromatic rings. The van der Waals surface area contributed by atoms with Gasteiger partial charge in [-0.25, -0.2) is 0 Å². The standard InChI is InChI=1S/C21H26ClN3O2/c1-15-18(22)10-7-11-19(15)23-20(26)12-21(27)25(4)14-17-9-6-5-8-16(17)13-24(2)3/h5-11H,12-14H2,1-4H3,(H,23,26). The van der Waals surface area contributed by atoms with E-state index in [2.05, 4.69) is 16.3 Å². The Bertz CT molecular complexity index is 821. The smallest absolute Gasteiger partial charge is 0.233 e. The maximum Gasteiger partial charge on any atom is 0.233 e. The second kappa shape index (κ2) is 9.53. The van der Waals surface area contributed by atoms with Gasteiger partial charge in [0.15, 0.2) is 0 Å². The Kier molecular flexibility index (Phi) is 7.39. The Morgan fingerprint density at radius 3 is 2.22 bits per heavy atom. The van der Waals surface area contributed by atoms with E-state index < -0.39 is 0 Å². The molecule has 27 heavy (non-hydrogen) atoms. The lowest BCUT2D eigenvalue weighted by molar-refractivity contribution is -0.134. The van der Waals surface area contributed by atoms with E-state index in [0.29, 0.717) is 17.3 Å². The van der Waals surface area contributed by atoms with Gasteiger partial charge in [0.05, 0.1) is 0 Å². The summed E-state index contributed by atoms with van der Waals surface area (Å²) in [5.74, 6) is -0.578. The van der Waals surface area contributed by atoms with Crippen LogP contribution >= 0.6 is 11.6 Å². The number of hydrogen-bond donors (Lipinski definition) is 1. The van der Waals surface area contributed by atoms with Gasteiger partial charge in [-0.2, -0.15) is 0 Å². The van der Waals surface area contributed by atoms with Crippen molar-refractivity contribution >= 4 is 29.1 Å². The lowest BCUT2D eigenvalue weighted by Crippen LogP contribution is -2.30. The van der Waals surface area contributed by atoms with Crippen molar-refractivity contribution in [2.45, 2.75) is 26.4 Å². The molecule has 0 saturated carbocycles. The summed E-state index contributed by atoms with van der Waals surface area (Å²) in [6.07, 6.45) is -0.210. The second-order valence-corrected chi connectivity index (χ2v) is 7.30. The maximum atomic E-state index is 12.5. The predicted octanol–water partition coefficient (Wildman–Crippen LogP) is 3.70. The maximum absolute atomic E-state index is 12.5. The zero-order valence-electron chi connectivity index (χ0n) is 16.3. The molecule has 0 atom stereocenters. The van der Waals surface area contributed by atoms with Gasteiger partial charge in [0.25, 0.3) is 0 Å². The molecule has 2 rings (SSSR count). The Labute approximate surface area is 165 Å². The van der Waals surface area contributed by atoms with Crippen molar-refractivity contribution in [1.29, 1.82) is 0 Å². The molecule has 0 unspecified atom stereocenters. The number of carbonyl (C=O) groups is 2. The minimum absolute atomic E-state index is 0.210. The summed E-state index contributed by atoms with van der Waals surface area (Å²) < 4.78 is 0. The molecule has 0 bridgehead atoms. The number of carbonyl (C=O) groups excluding carboxylic acids is 2. The molecule has 0 spiro atoms. The summed E-state index contributed by atoms with van der Waals surface area (Å²) in [6, 6.07) is 13.3. The Morgan fingerprint density at radius 1 is 0.963 bits per heavy atom. The molecule has 0 aliphatic heterocycles. The van der Waals surface area contributed by atoms with E-state index in [1.54, 1.807) is 30.1 Å². The van der Waals surface area contributed by atoms with Gasteiger partial charge in [-0.3, -0.25) is 9.59 Å². The number of nitrogens with one attached hydrogen (secondary N) is 1. The summed E-state index contributed by atoms with van der Waals surface area (Å²) in [7, 11) is 5.73. The number of nitrogens with zero attached hydrogens (tertiary/aromatic N) is 2. The van der Waals surface area contributed by atoms with Crippen LogP contribution in [0.25, 0.3) is 0 Å². The van der Waals surface area contributed by atoms with Crippen molar-refractivity contribution in [3.8, 4) is 0 Å². The van der Waals surface area contributed by atoms with E-state index in [9.17, 15) is 9.59 Å². The Balaban J connectivity index is 1.97. The summed E-state index contributed by atoms with van der Waals surface area (Å²) in [5.41, 5.74) is 3.65. The van der Waals surface area contributed by atoms with Crippen molar-refractivity contribution in [1.82, 2.24) is 9.80 Å². The molecule has 6 heteroatoms. The fourth-order valence-corrected chi connectivity index (χ4v) is 2.93. The van der Waals surface area contributed by atoms with Crippen LogP contribution in [0.3, 0.4) is 0 Å². The third-order valence-corrected chi connectivity index (χ3v) is 4.70. The van der Waals surface area contributed by atoms with Gasteiger partial charge in [-0.05, 0) is 49.8 Å². The first-order valence-corrected chi connectivity index (χ1v) is 9.16.